The molecule has 6 rings (SSSR count). The summed E-state index contributed by atoms with van der Waals surface area (Å²) in [7, 11) is 0. The molecule has 2 aromatic carbocycles. The predicted octanol–water partition coefficient (Wildman–Crippen LogP) is 2.16. The summed E-state index contributed by atoms with van der Waals surface area (Å²) in [6.07, 6.45) is 10.3. The van der Waals surface area contributed by atoms with Crippen LogP contribution in [0.25, 0.3) is 23.5 Å². The monoisotopic (exact) mass is 895 g/mol. The molecule has 0 aliphatic carbocycles. The van der Waals surface area contributed by atoms with Gasteiger partial charge in [-0.3, -0.25) is 23.5 Å². The number of aliphatic carboxylic acids is 1. The molecule has 63 heavy (non-hydrogen) atoms. The fourth-order valence-electron chi connectivity index (χ4n) is 7.30. The number of hydrogen-bond acceptors (Lipinski definition) is 13. The lowest BCUT2D eigenvalue weighted by Crippen LogP contribution is -2.47. The number of anilines is 2. The van der Waals surface area contributed by atoms with Crippen molar-refractivity contribution in [3.63, 3.8) is 0 Å². The molecular weight excluding hydrogens is 839 g/mol. The first-order valence-electron chi connectivity index (χ1n) is 21.3. The van der Waals surface area contributed by atoms with Gasteiger partial charge in [-0.25, -0.2) is 4.79 Å². The highest BCUT2D eigenvalue weighted by Gasteiger charge is 2.23. The van der Waals surface area contributed by atoms with Crippen molar-refractivity contribution >= 4 is 69.5 Å². The van der Waals surface area contributed by atoms with E-state index >= 15 is 0 Å². The number of nitrogens with one attached hydrogen (secondary N) is 3. The van der Waals surface area contributed by atoms with Crippen LogP contribution in [-0.4, -0.2) is 92.4 Å². The molecule has 0 bridgehead atoms. The predicted molar refractivity (Wildman–Crippen MR) is 250 cm³/mol. The Kier molecular flexibility index (Phi) is 17.6. The third kappa shape index (κ3) is 13.1. The van der Waals surface area contributed by atoms with Crippen LogP contribution in [0.15, 0.2) is 58.1 Å². The van der Waals surface area contributed by atoms with Crippen molar-refractivity contribution in [2.75, 3.05) is 56.5 Å². The lowest BCUT2D eigenvalue weighted by molar-refractivity contribution is -0.130. The number of aromatic nitrogens is 2. The number of likely N-dealkylation sites (tertiary alicyclic amines) is 2. The summed E-state index contributed by atoms with van der Waals surface area (Å²) in [6.45, 7) is 14.0. The van der Waals surface area contributed by atoms with Gasteiger partial charge in [-0.1, -0.05) is 24.3 Å². The van der Waals surface area contributed by atoms with Gasteiger partial charge < -0.3 is 36.0 Å². The summed E-state index contributed by atoms with van der Waals surface area (Å²) in [6, 6.07) is 19.8. The molecule has 2 aromatic heterocycles. The van der Waals surface area contributed by atoms with Crippen molar-refractivity contribution in [1.29, 1.82) is 10.5 Å². The number of carboxylic acids is 1. The summed E-state index contributed by atoms with van der Waals surface area (Å²) >= 11 is 2.11. The van der Waals surface area contributed by atoms with E-state index in [-0.39, 0.29) is 28.0 Å². The molecule has 0 radical (unpaired) electrons. The van der Waals surface area contributed by atoms with Gasteiger partial charge in [0, 0.05) is 50.0 Å². The second kappa shape index (κ2) is 23.0. The largest absolute Gasteiger partial charge is 0.477 e. The van der Waals surface area contributed by atoms with E-state index in [0.717, 1.165) is 60.0 Å². The molecule has 0 atom stereocenters. The van der Waals surface area contributed by atoms with Gasteiger partial charge in [0.15, 0.2) is 11.1 Å². The highest BCUT2D eigenvalue weighted by atomic mass is 32.1. The number of nitrogens with zero attached hydrogens (tertiary/aromatic N) is 6. The number of carboxylic acid groups (broad SMARTS) is 1. The number of carbonyl (C=O) groups excluding carboxylic acids is 1. The maximum atomic E-state index is 12.9. The summed E-state index contributed by atoms with van der Waals surface area (Å²) in [5.41, 5.74) is 2.18. The number of benzene rings is 2. The van der Waals surface area contributed by atoms with E-state index in [4.69, 9.17) is 5.26 Å². The third-order valence-corrected chi connectivity index (χ3v) is 13.1. The summed E-state index contributed by atoms with van der Waals surface area (Å²) < 4.78 is 3.97. The molecule has 2 aliphatic rings. The van der Waals surface area contributed by atoms with Crippen LogP contribution >= 0.6 is 22.7 Å². The van der Waals surface area contributed by atoms with Crippen LogP contribution in [0.2, 0.25) is 0 Å². The van der Waals surface area contributed by atoms with E-state index < -0.39 is 23.0 Å². The first kappa shape index (κ1) is 48.2. The van der Waals surface area contributed by atoms with Gasteiger partial charge in [-0.05, 0) is 128 Å². The lowest BCUT2D eigenvalue weighted by atomic mass is 10.1. The van der Waals surface area contributed by atoms with Gasteiger partial charge in [-0.15, -0.1) is 22.7 Å². The Balaban J connectivity index is 0.000000240. The molecule has 2 aliphatic heterocycles. The normalized spacial score (nSPS) is 15.9. The maximum absolute atomic E-state index is 12.9. The second-order valence-corrected chi connectivity index (χ2v) is 18.1. The number of nitriles is 2. The Labute approximate surface area is 374 Å². The fraction of sp³-hybridized carbons (Fsp3) is 0.435. The average molecular weight is 896 g/mol. The summed E-state index contributed by atoms with van der Waals surface area (Å²) in [5.74, 6) is -1.95. The van der Waals surface area contributed by atoms with Crippen molar-refractivity contribution in [1.82, 2.24) is 24.3 Å². The van der Waals surface area contributed by atoms with Gasteiger partial charge in [0.1, 0.15) is 30.5 Å². The molecule has 1 amide bonds. The zero-order valence-electron chi connectivity index (χ0n) is 36.4. The Morgan fingerprint density at radius 1 is 0.746 bits per heavy atom. The van der Waals surface area contributed by atoms with Crippen molar-refractivity contribution in [3.05, 3.63) is 98.8 Å². The van der Waals surface area contributed by atoms with Crippen LogP contribution in [0.3, 0.4) is 0 Å². The van der Waals surface area contributed by atoms with Gasteiger partial charge in [0.05, 0.1) is 12.1 Å². The van der Waals surface area contributed by atoms with Gasteiger partial charge in [0.25, 0.3) is 17.0 Å². The van der Waals surface area contributed by atoms with Crippen LogP contribution in [0.1, 0.15) is 64.5 Å². The van der Waals surface area contributed by atoms with Crippen molar-refractivity contribution in [2.24, 2.45) is 0 Å². The molecule has 2 saturated heterocycles. The molecule has 17 heteroatoms. The van der Waals surface area contributed by atoms with Crippen LogP contribution in [0.5, 0.6) is 0 Å². The van der Waals surface area contributed by atoms with Gasteiger partial charge in [0.2, 0.25) is 0 Å². The number of aliphatic hydroxyl groups excluding tert-OH is 1. The number of thiazole rings is 2. The lowest BCUT2D eigenvalue weighted by Gasteiger charge is -2.22. The molecule has 4 aromatic rings. The fourth-order valence-corrected chi connectivity index (χ4v) is 9.46. The van der Waals surface area contributed by atoms with E-state index in [1.165, 1.54) is 72.1 Å². The minimum absolute atomic E-state index is 0.144. The van der Waals surface area contributed by atoms with Gasteiger partial charge >= 0.3 is 5.97 Å². The highest BCUT2D eigenvalue weighted by Crippen LogP contribution is 2.15. The maximum Gasteiger partial charge on any atom is 0.349 e. The van der Waals surface area contributed by atoms with Crippen molar-refractivity contribution in [2.45, 2.75) is 84.8 Å². The van der Waals surface area contributed by atoms with E-state index in [2.05, 4.69) is 50.0 Å². The summed E-state index contributed by atoms with van der Waals surface area (Å²) in [4.78, 5) is 54.5. The SMILES string of the molecule is CCn1c(=C(C#N)C(=O)NC(C)(C)CO)sc(=CNc2cccc(CCN3CCCC3)c2)c1=O.CCn1c(=C(C#N)C(=O)O)sc(=CNc2cccc(CCN3CCCC3)c2)c1=O. The Bertz CT molecular complexity index is 2710. The molecule has 2 fully saturated rings. The van der Waals surface area contributed by atoms with Crippen LogP contribution in [0.4, 0.5) is 11.4 Å². The highest BCUT2D eigenvalue weighted by molar-refractivity contribution is 7.08. The molecule has 0 unspecified atom stereocenters. The Morgan fingerprint density at radius 2 is 1.17 bits per heavy atom. The number of rotatable bonds is 16. The molecule has 4 heterocycles. The van der Waals surface area contributed by atoms with Crippen LogP contribution in [-0.2, 0) is 35.5 Å². The van der Waals surface area contributed by atoms with E-state index in [1.807, 2.05) is 30.3 Å². The molecular formula is C46H57N9O6S2. The number of amides is 1. The molecule has 0 spiro atoms. The van der Waals surface area contributed by atoms with Crippen LogP contribution < -0.4 is 45.5 Å². The standard InChI is InChI=1S/C25H33N5O3S.C21H24N4O3S/c1-4-30-23(33)21(34-24(30)20(15-26)22(32)28-25(2,3)17-31)16-27-19-9-7-8-18(14-19)10-13-29-11-5-6-12-29;1-2-25-19(26)18(29-20(25)17(13-22)21(27)28)14-23-16-7-5-6-15(12-16)8-11-24-9-3-4-10-24/h7-9,14,16,27,31H,4-6,10-13,17H2,1-3H3,(H,28,32);5-7,12,14,23H,2-4,8-11H2,1H3,(H,27,28). The first-order chi connectivity index (χ1) is 30.3. The third-order valence-electron chi connectivity index (χ3n) is 10.8. The van der Waals surface area contributed by atoms with Gasteiger partial charge in [-0.2, -0.15) is 10.5 Å². The van der Waals surface area contributed by atoms with Crippen molar-refractivity contribution in [3.8, 4) is 12.1 Å². The van der Waals surface area contributed by atoms with E-state index in [0.29, 0.717) is 26.8 Å². The second-order valence-electron chi connectivity index (χ2n) is 16.0. The van der Waals surface area contributed by atoms with Crippen molar-refractivity contribution < 1.29 is 19.8 Å². The average Bonchev–Trinajstić information content (AvgIpc) is 4.10. The minimum atomic E-state index is -1.33. The molecule has 5 N–H and O–H groups in total. The van der Waals surface area contributed by atoms with Crippen LogP contribution in [0, 0.1) is 22.7 Å². The minimum Gasteiger partial charge on any atom is -0.477 e. The summed E-state index contributed by atoms with van der Waals surface area (Å²) in [5, 5.41) is 46.4. The first-order valence-corrected chi connectivity index (χ1v) is 22.9. The Hall–Kier alpha value is -5.82. The number of carbonyl (C=O) groups is 2. The zero-order valence-corrected chi connectivity index (χ0v) is 38.0. The molecule has 334 valence electrons. The number of aliphatic hydroxyl groups is 1. The van der Waals surface area contributed by atoms with E-state index in [9.17, 15) is 34.7 Å². The smallest absolute Gasteiger partial charge is 0.349 e. The van der Waals surface area contributed by atoms with E-state index in [1.54, 1.807) is 46.2 Å². The quantitative estimate of drug-likeness (QED) is 0.110. The molecule has 15 nitrogen and oxygen atoms in total. The topological polar surface area (TPSA) is 209 Å². The molecule has 0 saturated carbocycles. The Morgan fingerprint density at radius 3 is 1.56 bits per heavy atom. The zero-order chi connectivity index (χ0) is 45.5. The number of hydrogen-bond donors (Lipinski definition) is 5.